The Morgan fingerprint density at radius 2 is 1.70 bits per heavy atom. The predicted octanol–water partition coefficient (Wildman–Crippen LogP) is 3.80. The van der Waals surface area contributed by atoms with E-state index in [9.17, 15) is 0 Å². The third kappa shape index (κ3) is 4.00. The maximum absolute atomic E-state index is 5.63. The molecule has 1 fully saturated rings. The molecule has 0 radical (unpaired) electrons. The Labute approximate surface area is 163 Å². The summed E-state index contributed by atoms with van der Waals surface area (Å²) in [6, 6.07) is 8.49. The van der Waals surface area contributed by atoms with Crippen molar-refractivity contribution in [3.05, 3.63) is 41.6 Å². The lowest BCUT2D eigenvalue weighted by Crippen LogP contribution is -2.31. The molecule has 1 aliphatic heterocycles. The molecule has 3 heterocycles. The van der Waals surface area contributed by atoms with Gasteiger partial charge in [0, 0.05) is 19.5 Å². The Bertz CT molecular complexity index is 882. The van der Waals surface area contributed by atoms with Gasteiger partial charge < -0.3 is 9.32 Å². The summed E-state index contributed by atoms with van der Waals surface area (Å²) < 4.78 is 7.77. The summed E-state index contributed by atoms with van der Waals surface area (Å²) >= 11 is 1.57. The molecule has 27 heavy (non-hydrogen) atoms. The normalized spacial score (nSPS) is 14.7. The van der Waals surface area contributed by atoms with E-state index in [4.69, 9.17) is 4.42 Å². The molecule has 0 N–H and O–H groups in total. The fraction of sp³-hybridized carbons (Fsp3) is 0.474. The average molecular weight is 385 g/mol. The summed E-state index contributed by atoms with van der Waals surface area (Å²) in [4.78, 5) is 2.34. The molecule has 0 spiro atoms. The first-order valence-corrected chi connectivity index (χ1v) is 10.4. The predicted molar refractivity (Wildman–Crippen MR) is 105 cm³/mol. The zero-order valence-corrected chi connectivity index (χ0v) is 16.6. The second-order valence-corrected chi connectivity index (χ2v) is 7.68. The molecule has 0 saturated carbocycles. The van der Waals surface area contributed by atoms with Crippen molar-refractivity contribution in [2.24, 2.45) is 0 Å². The lowest BCUT2D eigenvalue weighted by molar-refractivity contribution is 0.470. The highest BCUT2D eigenvalue weighted by Gasteiger charge is 2.22. The maximum atomic E-state index is 5.63. The topological polar surface area (TPSA) is 72.9 Å². The van der Waals surface area contributed by atoms with Crippen LogP contribution in [0.5, 0.6) is 0 Å². The lowest BCUT2D eigenvalue weighted by Gasteiger charge is -2.27. The van der Waals surface area contributed by atoms with Crippen molar-refractivity contribution in [3.63, 3.8) is 0 Å². The summed E-state index contributed by atoms with van der Waals surface area (Å²) in [6.07, 6.45) is 4.43. The van der Waals surface area contributed by atoms with Crippen LogP contribution < -0.4 is 4.90 Å². The number of benzene rings is 1. The van der Waals surface area contributed by atoms with Crippen molar-refractivity contribution in [1.82, 2.24) is 25.0 Å². The molecule has 0 atom stereocenters. The zero-order valence-electron chi connectivity index (χ0n) is 15.8. The van der Waals surface area contributed by atoms with Crippen molar-refractivity contribution < 1.29 is 4.42 Å². The highest BCUT2D eigenvalue weighted by molar-refractivity contribution is 7.98. The van der Waals surface area contributed by atoms with Crippen LogP contribution in [0.4, 0.5) is 5.95 Å². The van der Waals surface area contributed by atoms with E-state index in [1.165, 1.54) is 24.8 Å². The van der Waals surface area contributed by atoms with Crippen LogP contribution in [0.2, 0.25) is 0 Å². The van der Waals surface area contributed by atoms with Crippen LogP contribution in [0.25, 0.3) is 5.69 Å². The van der Waals surface area contributed by atoms with Gasteiger partial charge in [0.2, 0.25) is 17.7 Å². The summed E-state index contributed by atoms with van der Waals surface area (Å²) in [5, 5.41) is 18.0. The number of rotatable bonds is 6. The molecular weight excluding hydrogens is 360 g/mol. The van der Waals surface area contributed by atoms with Gasteiger partial charge in [-0.3, -0.25) is 4.57 Å². The van der Waals surface area contributed by atoms with Gasteiger partial charge in [0.25, 0.3) is 0 Å². The monoisotopic (exact) mass is 384 g/mol. The molecule has 7 nitrogen and oxygen atoms in total. The standard InChI is InChI=1S/C19H24N6OS/c1-3-16-20-21-17(26-16)13-27-19-23-22-18(24-11-5-4-6-12-24)25(19)15-9-7-14(2)8-10-15/h7-10H,3-6,11-13H2,1-2H3. The molecular formula is C19H24N6OS. The number of piperidine rings is 1. The highest BCUT2D eigenvalue weighted by atomic mass is 32.2. The number of hydrogen-bond donors (Lipinski definition) is 0. The van der Waals surface area contributed by atoms with Crippen LogP contribution in [0.1, 0.15) is 43.5 Å². The summed E-state index contributed by atoms with van der Waals surface area (Å²) in [6.45, 7) is 6.15. The zero-order chi connectivity index (χ0) is 18.6. The van der Waals surface area contributed by atoms with Crippen LogP contribution in [-0.4, -0.2) is 38.1 Å². The molecule has 8 heteroatoms. The van der Waals surface area contributed by atoms with E-state index in [-0.39, 0.29) is 0 Å². The first-order chi connectivity index (χ1) is 13.2. The third-order valence-electron chi connectivity index (χ3n) is 4.68. The smallest absolute Gasteiger partial charge is 0.232 e. The number of thioether (sulfide) groups is 1. The molecule has 0 aliphatic carbocycles. The fourth-order valence-electron chi connectivity index (χ4n) is 3.19. The SMILES string of the molecule is CCc1nnc(CSc2nnc(N3CCCCC3)n2-c2ccc(C)cc2)o1. The van der Waals surface area contributed by atoms with Crippen LogP contribution in [-0.2, 0) is 12.2 Å². The Morgan fingerprint density at radius 3 is 2.41 bits per heavy atom. The Balaban J connectivity index is 1.63. The number of aromatic nitrogens is 5. The second kappa shape index (κ2) is 8.12. The van der Waals surface area contributed by atoms with Crippen molar-refractivity contribution >= 4 is 17.7 Å². The van der Waals surface area contributed by atoms with Gasteiger partial charge in [-0.25, -0.2) is 0 Å². The van der Waals surface area contributed by atoms with Crippen LogP contribution in [0.3, 0.4) is 0 Å². The van der Waals surface area contributed by atoms with Crippen molar-refractivity contribution in [2.75, 3.05) is 18.0 Å². The van der Waals surface area contributed by atoms with E-state index in [0.717, 1.165) is 36.3 Å². The van der Waals surface area contributed by atoms with E-state index >= 15 is 0 Å². The fourth-order valence-corrected chi connectivity index (χ4v) is 3.97. The average Bonchev–Trinajstić information content (AvgIpc) is 3.34. The molecule has 4 rings (SSSR count). The van der Waals surface area contributed by atoms with Gasteiger partial charge in [-0.2, -0.15) is 0 Å². The Hall–Kier alpha value is -2.35. The second-order valence-electron chi connectivity index (χ2n) is 6.73. The van der Waals surface area contributed by atoms with Gasteiger partial charge in [0.1, 0.15) is 0 Å². The first-order valence-electron chi connectivity index (χ1n) is 9.46. The molecule has 0 bridgehead atoms. The number of nitrogens with zero attached hydrogens (tertiary/aromatic N) is 6. The molecule has 2 aromatic heterocycles. The quantitative estimate of drug-likeness (QED) is 0.598. The molecule has 3 aromatic rings. The van der Waals surface area contributed by atoms with Crippen molar-refractivity contribution in [2.45, 2.75) is 50.4 Å². The van der Waals surface area contributed by atoms with Crippen LogP contribution in [0.15, 0.2) is 33.8 Å². The van der Waals surface area contributed by atoms with E-state index in [1.54, 1.807) is 11.8 Å². The largest absolute Gasteiger partial charge is 0.424 e. The number of hydrogen-bond acceptors (Lipinski definition) is 7. The molecule has 1 saturated heterocycles. The van der Waals surface area contributed by atoms with Crippen molar-refractivity contribution in [3.8, 4) is 5.69 Å². The molecule has 0 unspecified atom stereocenters. The van der Waals surface area contributed by atoms with Gasteiger partial charge in [0.05, 0.1) is 11.4 Å². The maximum Gasteiger partial charge on any atom is 0.232 e. The lowest BCUT2D eigenvalue weighted by atomic mass is 10.1. The van der Waals surface area contributed by atoms with E-state index in [1.807, 2.05) is 6.92 Å². The van der Waals surface area contributed by atoms with E-state index in [0.29, 0.717) is 17.5 Å². The Kier molecular flexibility index (Phi) is 5.42. The molecule has 1 aliphatic rings. The summed E-state index contributed by atoms with van der Waals surface area (Å²) in [5.74, 6) is 2.78. The van der Waals surface area contributed by atoms with Gasteiger partial charge >= 0.3 is 0 Å². The van der Waals surface area contributed by atoms with Crippen LogP contribution in [0, 0.1) is 6.92 Å². The molecule has 142 valence electrons. The van der Waals surface area contributed by atoms with Gasteiger partial charge in [0.15, 0.2) is 5.16 Å². The number of aryl methyl sites for hydroxylation is 2. The van der Waals surface area contributed by atoms with Gasteiger partial charge in [-0.15, -0.1) is 20.4 Å². The minimum absolute atomic E-state index is 0.580. The minimum atomic E-state index is 0.580. The van der Waals surface area contributed by atoms with Crippen molar-refractivity contribution in [1.29, 1.82) is 0 Å². The first kappa shape index (κ1) is 18.0. The molecule has 0 amide bonds. The third-order valence-corrected chi connectivity index (χ3v) is 5.60. The van der Waals surface area contributed by atoms with Gasteiger partial charge in [-0.1, -0.05) is 36.4 Å². The molecule has 1 aromatic carbocycles. The minimum Gasteiger partial charge on any atom is -0.424 e. The summed E-state index contributed by atoms with van der Waals surface area (Å²) in [5.41, 5.74) is 2.31. The van der Waals surface area contributed by atoms with E-state index < -0.39 is 0 Å². The van der Waals surface area contributed by atoms with Gasteiger partial charge in [-0.05, 0) is 38.3 Å². The number of anilines is 1. The van der Waals surface area contributed by atoms with Crippen LogP contribution >= 0.6 is 11.8 Å². The Morgan fingerprint density at radius 1 is 0.963 bits per heavy atom. The summed E-state index contributed by atoms with van der Waals surface area (Å²) in [7, 11) is 0. The highest BCUT2D eigenvalue weighted by Crippen LogP contribution is 2.30. The van der Waals surface area contributed by atoms with E-state index in [2.05, 4.69) is 61.1 Å².